The molecule has 0 aliphatic carbocycles. The predicted molar refractivity (Wildman–Crippen MR) is 93.6 cm³/mol. The molecule has 0 radical (unpaired) electrons. The van der Waals surface area contributed by atoms with Crippen molar-refractivity contribution >= 4 is 29.2 Å². The smallest absolute Gasteiger partial charge is 0.244 e. The van der Waals surface area contributed by atoms with E-state index in [1.54, 1.807) is 6.08 Å². The third kappa shape index (κ3) is 3.16. The number of ether oxygens (including phenoxy) is 2. The van der Waals surface area contributed by atoms with Crippen LogP contribution in [0, 0.1) is 0 Å². The lowest BCUT2D eigenvalue weighted by Gasteiger charge is -2.04. The Hall–Kier alpha value is -2.99. The molecule has 3 aromatic rings. The van der Waals surface area contributed by atoms with E-state index in [4.69, 9.17) is 21.1 Å². The molecule has 0 unspecified atom stereocenters. The third-order valence-electron chi connectivity index (χ3n) is 3.82. The zero-order chi connectivity index (χ0) is 17.2. The first-order chi connectivity index (χ1) is 12.2. The fourth-order valence-corrected chi connectivity index (χ4v) is 2.83. The van der Waals surface area contributed by atoms with E-state index in [1.807, 2.05) is 47.0 Å². The van der Waals surface area contributed by atoms with Gasteiger partial charge >= 0.3 is 0 Å². The van der Waals surface area contributed by atoms with Crippen molar-refractivity contribution in [3.05, 3.63) is 65.1 Å². The van der Waals surface area contributed by atoms with Crippen molar-refractivity contribution in [2.45, 2.75) is 6.54 Å². The number of rotatable bonds is 4. The van der Waals surface area contributed by atoms with Crippen LogP contribution < -0.4 is 14.8 Å². The number of amides is 1. The Morgan fingerprint density at radius 2 is 2.16 bits per heavy atom. The maximum Gasteiger partial charge on any atom is 0.244 e. The number of halogens is 1. The van der Waals surface area contributed by atoms with Crippen molar-refractivity contribution in [3.8, 4) is 11.5 Å². The summed E-state index contributed by atoms with van der Waals surface area (Å²) in [6.07, 6.45) is 4.94. The van der Waals surface area contributed by atoms with E-state index >= 15 is 0 Å². The first-order valence-electron chi connectivity index (χ1n) is 7.68. The van der Waals surface area contributed by atoms with Crippen LogP contribution in [0.4, 0.5) is 0 Å². The molecule has 1 aliphatic rings. The largest absolute Gasteiger partial charge is 0.454 e. The van der Waals surface area contributed by atoms with Crippen LogP contribution in [0.3, 0.4) is 0 Å². The van der Waals surface area contributed by atoms with Gasteiger partial charge in [-0.15, -0.1) is 0 Å². The molecule has 0 spiro atoms. The van der Waals surface area contributed by atoms with Gasteiger partial charge in [0.15, 0.2) is 16.7 Å². The summed E-state index contributed by atoms with van der Waals surface area (Å²) in [6, 6.07) is 11.2. The van der Waals surface area contributed by atoms with Crippen molar-refractivity contribution < 1.29 is 14.3 Å². The lowest BCUT2D eigenvalue weighted by atomic mass is 10.2. The first-order valence-corrected chi connectivity index (χ1v) is 8.05. The van der Waals surface area contributed by atoms with Crippen molar-refractivity contribution in [1.29, 1.82) is 0 Å². The van der Waals surface area contributed by atoms with Crippen LogP contribution in [0.1, 0.15) is 11.3 Å². The Morgan fingerprint density at radius 3 is 3.08 bits per heavy atom. The number of carbonyl (C=O) groups excluding carboxylic acids is 1. The van der Waals surface area contributed by atoms with E-state index in [0.717, 1.165) is 17.0 Å². The lowest BCUT2D eigenvalue weighted by Crippen LogP contribution is -2.20. The Kier molecular flexibility index (Phi) is 4.03. The Balaban J connectivity index is 1.43. The number of hydrogen-bond donors (Lipinski definition) is 1. The molecule has 2 aromatic heterocycles. The van der Waals surface area contributed by atoms with E-state index in [1.165, 1.54) is 6.08 Å². The van der Waals surface area contributed by atoms with Crippen LogP contribution in [0.5, 0.6) is 11.5 Å². The molecule has 0 saturated carbocycles. The number of hydrogen-bond acceptors (Lipinski definition) is 4. The van der Waals surface area contributed by atoms with Crippen LogP contribution in [0.15, 0.2) is 48.7 Å². The minimum atomic E-state index is -0.223. The quantitative estimate of drug-likeness (QED) is 0.730. The van der Waals surface area contributed by atoms with Gasteiger partial charge in [-0.2, -0.15) is 0 Å². The topological polar surface area (TPSA) is 64.9 Å². The minimum absolute atomic E-state index is 0.223. The van der Waals surface area contributed by atoms with Gasteiger partial charge in [0, 0.05) is 18.8 Å². The number of nitrogens with zero attached hydrogens (tertiary/aromatic N) is 2. The van der Waals surface area contributed by atoms with Gasteiger partial charge in [-0.1, -0.05) is 23.7 Å². The summed E-state index contributed by atoms with van der Waals surface area (Å²) >= 11 is 6.14. The van der Waals surface area contributed by atoms with Gasteiger partial charge in [0.1, 0.15) is 5.65 Å². The molecule has 25 heavy (non-hydrogen) atoms. The Bertz CT molecular complexity index is 981. The number of aromatic nitrogens is 2. The van der Waals surface area contributed by atoms with E-state index in [9.17, 15) is 4.79 Å². The summed E-state index contributed by atoms with van der Waals surface area (Å²) in [5, 5.41) is 3.18. The molecule has 1 amide bonds. The summed E-state index contributed by atoms with van der Waals surface area (Å²) in [7, 11) is 0. The summed E-state index contributed by atoms with van der Waals surface area (Å²) in [5.41, 5.74) is 2.32. The maximum absolute atomic E-state index is 12.1. The molecular formula is C18H14ClN3O3. The van der Waals surface area contributed by atoms with Gasteiger partial charge in [0.05, 0.1) is 5.69 Å². The molecule has 7 heteroatoms. The second-order valence-electron chi connectivity index (χ2n) is 5.46. The second kappa shape index (κ2) is 6.49. The SMILES string of the molecule is O=C(/C=C\c1c(Cl)nc2ccccn12)NCc1ccc2c(c1)OCO2. The molecule has 0 saturated heterocycles. The second-order valence-corrected chi connectivity index (χ2v) is 5.81. The molecule has 0 atom stereocenters. The fraction of sp³-hybridized carbons (Fsp3) is 0.111. The van der Waals surface area contributed by atoms with Gasteiger partial charge < -0.3 is 14.8 Å². The molecule has 0 fully saturated rings. The molecule has 1 N–H and O–H groups in total. The third-order valence-corrected chi connectivity index (χ3v) is 4.10. The van der Waals surface area contributed by atoms with E-state index in [-0.39, 0.29) is 12.7 Å². The maximum atomic E-state index is 12.1. The zero-order valence-corrected chi connectivity index (χ0v) is 13.9. The zero-order valence-electron chi connectivity index (χ0n) is 13.1. The molecule has 3 heterocycles. The highest BCUT2D eigenvalue weighted by Crippen LogP contribution is 2.32. The highest BCUT2D eigenvalue weighted by atomic mass is 35.5. The van der Waals surface area contributed by atoms with Crippen LogP contribution in [-0.2, 0) is 11.3 Å². The number of pyridine rings is 1. The van der Waals surface area contributed by atoms with Crippen LogP contribution >= 0.6 is 11.6 Å². The van der Waals surface area contributed by atoms with Gasteiger partial charge in [-0.3, -0.25) is 9.20 Å². The average Bonchev–Trinajstić information content (AvgIpc) is 3.21. The molecule has 126 valence electrons. The van der Waals surface area contributed by atoms with Crippen molar-refractivity contribution in [2.24, 2.45) is 0 Å². The van der Waals surface area contributed by atoms with Gasteiger partial charge in [-0.25, -0.2) is 4.98 Å². The standard InChI is InChI=1S/C18H14ClN3O3/c19-18-13(22-8-2-1-3-16(22)21-18)5-7-17(23)20-10-12-4-6-14-15(9-12)25-11-24-14/h1-9H,10-11H2,(H,20,23)/b7-5-. The summed E-state index contributed by atoms with van der Waals surface area (Å²) in [4.78, 5) is 16.3. The summed E-state index contributed by atoms with van der Waals surface area (Å²) in [6.45, 7) is 0.620. The van der Waals surface area contributed by atoms with Crippen LogP contribution in [0.2, 0.25) is 5.15 Å². The molecule has 0 bridgehead atoms. The number of benzene rings is 1. The molecular weight excluding hydrogens is 342 g/mol. The van der Waals surface area contributed by atoms with Gasteiger partial charge in [0.25, 0.3) is 0 Å². The summed E-state index contributed by atoms with van der Waals surface area (Å²) in [5.74, 6) is 1.19. The average molecular weight is 356 g/mol. The highest BCUT2D eigenvalue weighted by molar-refractivity contribution is 6.31. The normalized spacial score (nSPS) is 12.8. The summed E-state index contributed by atoms with van der Waals surface area (Å²) < 4.78 is 12.4. The van der Waals surface area contributed by atoms with Gasteiger partial charge in [0.2, 0.25) is 12.7 Å². The number of carbonyl (C=O) groups is 1. The monoisotopic (exact) mass is 355 g/mol. The van der Waals surface area contributed by atoms with Gasteiger partial charge in [-0.05, 0) is 35.9 Å². The molecule has 6 nitrogen and oxygen atoms in total. The van der Waals surface area contributed by atoms with Crippen molar-refractivity contribution in [1.82, 2.24) is 14.7 Å². The molecule has 4 rings (SSSR count). The first kappa shape index (κ1) is 15.5. The molecule has 1 aromatic carbocycles. The van der Waals surface area contributed by atoms with E-state index in [0.29, 0.717) is 23.1 Å². The Labute approximate surface area is 148 Å². The highest BCUT2D eigenvalue weighted by Gasteiger charge is 2.13. The van der Waals surface area contributed by atoms with Crippen LogP contribution in [0.25, 0.3) is 11.7 Å². The minimum Gasteiger partial charge on any atom is -0.454 e. The van der Waals surface area contributed by atoms with E-state index in [2.05, 4.69) is 10.3 Å². The van der Waals surface area contributed by atoms with Crippen LogP contribution in [-0.4, -0.2) is 22.1 Å². The van der Waals surface area contributed by atoms with Crippen molar-refractivity contribution in [2.75, 3.05) is 6.79 Å². The molecule has 1 aliphatic heterocycles. The number of nitrogens with one attached hydrogen (secondary N) is 1. The van der Waals surface area contributed by atoms with Crippen molar-refractivity contribution in [3.63, 3.8) is 0 Å². The lowest BCUT2D eigenvalue weighted by molar-refractivity contribution is -0.116. The predicted octanol–water partition coefficient (Wildman–Crippen LogP) is 3.05. The number of fused-ring (bicyclic) bond motifs is 2. The fourth-order valence-electron chi connectivity index (χ4n) is 2.59. The number of imidazole rings is 1. The Morgan fingerprint density at radius 1 is 1.28 bits per heavy atom. The van der Waals surface area contributed by atoms with E-state index < -0.39 is 0 Å².